The molecule has 2 atom stereocenters. The number of hydrogen-bond acceptors (Lipinski definition) is 2. The summed E-state index contributed by atoms with van der Waals surface area (Å²) < 4.78 is 36.1. The summed E-state index contributed by atoms with van der Waals surface area (Å²) in [5.41, 5.74) is 8.04. The van der Waals surface area contributed by atoms with Crippen molar-refractivity contribution in [3.05, 3.63) is 10.4 Å². The molecule has 8 heteroatoms. The minimum atomic E-state index is -4.46. The van der Waals surface area contributed by atoms with Crippen molar-refractivity contribution in [1.82, 2.24) is 0 Å². The summed E-state index contributed by atoms with van der Waals surface area (Å²) in [5, 5.41) is 11.4. The van der Waals surface area contributed by atoms with Gasteiger partial charge in [-0.1, -0.05) is 18.5 Å². The molecule has 0 unspecified atom stereocenters. The van der Waals surface area contributed by atoms with Gasteiger partial charge in [0.05, 0.1) is 0 Å². The highest BCUT2D eigenvalue weighted by Gasteiger charge is 2.37. The molecule has 0 spiro atoms. The van der Waals surface area contributed by atoms with Crippen molar-refractivity contribution < 1.29 is 23.1 Å². The third-order valence-corrected chi connectivity index (χ3v) is 1.89. The Morgan fingerprint density at radius 3 is 2.40 bits per heavy atom. The Bertz CT molecular complexity index is 271. The van der Waals surface area contributed by atoms with Gasteiger partial charge in [-0.15, -0.1) is 0 Å². The van der Waals surface area contributed by atoms with E-state index in [0.717, 1.165) is 0 Å². The summed E-state index contributed by atoms with van der Waals surface area (Å²) >= 11 is 0. The fraction of sp³-hybridized carbons (Fsp3) is 0.857. The summed E-state index contributed by atoms with van der Waals surface area (Å²) in [4.78, 5) is 12.8. The van der Waals surface area contributed by atoms with Gasteiger partial charge in [-0.2, -0.15) is 13.2 Å². The largest absolute Gasteiger partial charge is 0.481 e. The molecule has 0 saturated carbocycles. The van der Waals surface area contributed by atoms with Crippen LogP contribution < -0.4 is 0 Å². The monoisotopic (exact) mass is 225 g/mol. The summed E-state index contributed by atoms with van der Waals surface area (Å²) in [6, 6.07) is -1.67. The van der Waals surface area contributed by atoms with Crippen molar-refractivity contribution in [3.8, 4) is 0 Å². The topological polar surface area (TPSA) is 86.1 Å². The third kappa shape index (κ3) is 5.11. The molecule has 0 saturated heterocycles. The van der Waals surface area contributed by atoms with Crippen LogP contribution in [0.15, 0.2) is 5.11 Å². The second-order valence-corrected chi connectivity index (χ2v) is 2.98. The van der Waals surface area contributed by atoms with Gasteiger partial charge >= 0.3 is 12.1 Å². The first-order valence-electron chi connectivity index (χ1n) is 4.15. The minimum absolute atomic E-state index is 0.0184. The number of azide groups is 1. The van der Waals surface area contributed by atoms with Crippen LogP contribution in [0, 0.1) is 5.92 Å². The van der Waals surface area contributed by atoms with Crippen molar-refractivity contribution in [2.45, 2.75) is 32.0 Å². The standard InChI is InChI=1S/C7H10F3N3O2/c1-2-4(3-7(8,9)10)5(6(14)15)12-13-11/h4-5H,2-3H2,1H3,(H,14,15)/t4-,5+/m1/s1. The molecule has 5 nitrogen and oxygen atoms in total. The normalized spacial score (nSPS) is 15.2. The molecule has 15 heavy (non-hydrogen) atoms. The Labute approximate surface area is 83.5 Å². The molecule has 0 aliphatic carbocycles. The summed E-state index contributed by atoms with van der Waals surface area (Å²) in [6.45, 7) is 1.42. The van der Waals surface area contributed by atoms with E-state index in [-0.39, 0.29) is 6.42 Å². The maximum Gasteiger partial charge on any atom is 0.389 e. The number of alkyl halides is 3. The van der Waals surface area contributed by atoms with E-state index >= 15 is 0 Å². The van der Waals surface area contributed by atoms with Crippen molar-refractivity contribution in [2.24, 2.45) is 11.0 Å². The molecule has 0 aliphatic rings. The molecule has 0 bridgehead atoms. The van der Waals surface area contributed by atoms with Crippen LogP contribution in [0.25, 0.3) is 10.4 Å². The van der Waals surface area contributed by atoms with Gasteiger partial charge in [0.15, 0.2) is 0 Å². The lowest BCUT2D eigenvalue weighted by Gasteiger charge is -2.19. The average Bonchev–Trinajstić information content (AvgIpc) is 2.08. The molecule has 86 valence electrons. The van der Waals surface area contributed by atoms with E-state index in [1.54, 1.807) is 0 Å². The Hall–Kier alpha value is -1.43. The number of aliphatic carboxylic acids is 1. The maximum absolute atomic E-state index is 12.0. The number of hydrogen-bond donors (Lipinski definition) is 1. The second kappa shape index (κ2) is 5.45. The van der Waals surface area contributed by atoms with E-state index in [2.05, 4.69) is 10.0 Å². The number of halogens is 3. The van der Waals surface area contributed by atoms with E-state index in [4.69, 9.17) is 10.6 Å². The predicted molar refractivity (Wildman–Crippen MR) is 45.0 cm³/mol. The molecule has 0 heterocycles. The fourth-order valence-corrected chi connectivity index (χ4v) is 1.18. The molecule has 0 amide bonds. The van der Waals surface area contributed by atoms with Crippen molar-refractivity contribution in [3.63, 3.8) is 0 Å². The smallest absolute Gasteiger partial charge is 0.389 e. The SMILES string of the molecule is CC[C@H](CC(F)(F)F)[C@H](N=[N+]=[N-])C(=O)O. The van der Waals surface area contributed by atoms with Gasteiger partial charge in [0.2, 0.25) is 0 Å². The zero-order valence-corrected chi connectivity index (χ0v) is 7.90. The molecule has 0 fully saturated rings. The van der Waals surface area contributed by atoms with Crippen molar-refractivity contribution >= 4 is 5.97 Å². The average molecular weight is 225 g/mol. The Kier molecular flexibility index (Phi) is 4.93. The molecule has 0 aromatic carbocycles. The number of carbonyl (C=O) groups is 1. The maximum atomic E-state index is 12.0. The van der Waals surface area contributed by atoms with Gasteiger partial charge in [-0.3, -0.25) is 4.79 Å². The summed E-state index contributed by atoms with van der Waals surface area (Å²) in [7, 11) is 0. The predicted octanol–water partition coefficient (Wildman–Crippen LogP) is 2.73. The van der Waals surface area contributed by atoms with Crippen LogP contribution in [0.3, 0.4) is 0 Å². The number of rotatable bonds is 5. The van der Waals surface area contributed by atoms with Gasteiger partial charge in [0, 0.05) is 11.3 Å². The van der Waals surface area contributed by atoms with Crippen LogP contribution >= 0.6 is 0 Å². The van der Waals surface area contributed by atoms with Crippen LogP contribution in [-0.2, 0) is 4.79 Å². The zero-order valence-electron chi connectivity index (χ0n) is 7.90. The van der Waals surface area contributed by atoms with E-state index in [9.17, 15) is 18.0 Å². The van der Waals surface area contributed by atoms with Gasteiger partial charge < -0.3 is 5.11 Å². The Morgan fingerprint density at radius 2 is 2.13 bits per heavy atom. The highest BCUT2D eigenvalue weighted by atomic mass is 19.4. The van der Waals surface area contributed by atoms with Crippen LogP contribution in [0.5, 0.6) is 0 Å². The molecule has 0 aromatic rings. The van der Waals surface area contributed by atoms with E-state index in [1.807, 2.05) is 0 Å². The molecule has 0 radical (unpaired) electrons. The lowest BCUT2D eigenvalue weighted by Crippen LogP contribution is -2.30. The Balaban J connectivity index is 4.75. The molecular formula is C7H10F3N3O2. The van der Waals surface area contributed by atoms with E-state index < -0.39 is 30.5 Å². The van der Waals surface area contributed by atoms with Crippen molar-refractivity contribution in [1.29, 1.82) is 0 Å². The van der Waals surface area contributed by atoms with Gasteiger partial charge in [-0.05, 0) is 11.4 Å². The third-order valence-electron chi connectivity index (χ3n) is 1.89. The zero-order chi connectivity index (χ0) is 12.1. The van der Waals surface area contributed by atoms with Crippen LogP contribution in [0.4, 0.5) is 13.2 Å². The highest BCUT2D eigenvalue weighted by Crippen LogP contribution is 2.29. The number of carboxylic acids is 1. The van der Waals surface area contributed by atoms with E-state index in [0.29, 0.717) is 0 Å². The fourth-order valence-electron chi connectivity index (χ4n) is 1.18. The molecule has 0 aliphatic heterocycles. The molecular weight excluding hydrogens is 215 g/mol. The first-order chi connectivity index (χ1) is 6.81. The first-order valence-corrected chi connectivity index (χ1v) is 4.15. The highest BCUT2D eigenvalue weighted by molar-refractivity contribution is 5.74. The number of nitrogens with zero attached hydrogens (tertiary/aromatic N) is 3. The van der Waals surface area contributed by atoms with Crippen molar-refractivity contribution in [2.75, 3.05) is 0 Å². The van der Waals surface area contributed by atoms with Crippen LogP contribution in [-0.4, -0.2) is 23.3 Å². The Morgan fingerprint density at radius 1 is 1.60 bits per heavy atom. The summed E-state index contributed by atoms with van der Waals surface area (Å²) in [5.74, 6) is -2.76. The lowest BCUT2D eigenvalue weighted by molar-refractivity contribution is -0.153. The van der Waals surface area contributed by atoms with Gasteiger partial charge in [0.1, 0.15) is 6.04 Å². The quantitative estimate of drug-likeness (QED) is 0.443. The van der Waals surface area contributed by atoms with Gasteiger partial charge in [-0.25, -0.2) is 0 Å². The summed E-state index contributed by atoms with van der Waals surface area (Å²) in [6.07, 6.45) is -5.74. The number of carboxylic acid groups (broad SMARTS) is 1. The van der Waals surface area contributed by atoms with E-state index in [1.165, 1.54) is 6.92 Å². The lowest BCUT2D eigenvalue weighted by atomic mass is 9.94. The second-order valence-electron chi connectivity index (χ2n) is 2.98. The van der Waals surface area contributed by atoms with Crippen LogP contribution in [0.1, 0.15) is 19.8 Å². The first kappa shape index (κ1) is 13.6. The van der Waals surface area contributed by atoms with Gasteiger partial charge in [0.25, 0.3) is 0 Å². The molecule has 0 rings (SSSR count). The van der Waals surface area contributed by atoms with Crippen LogP contribution in [0.2, 0.25) is 0 Å². The minimum Gasteiger partial charge on any atom is -0.481 e. The molecule has 0 aromatic heterocycles. The molecule has 1 N–H and O–H groups in total.